The van der Waals surface area contributed by atoms with Gasteiger partial charge in [0.15, 0.2) is 0 Å². The van der Waals surface area contributed by atoms with Gasteiger partial charge >= 0.3 is 0 Å². The highest BCUT2D eigenvalue weighted by molar-refractivity contribution is 6.43. The van der Waals surface area contributed by atoms with Crippen LogP contribution in [0.1, 0.15) is 24.1 Å². The molecule has 5 heteroatoms. The van der Waals surface area contributed by atoms with E-state index in [2.05, 4.69) is 5.32 Å². The van der Waals surface area contributed by atoms with Crippen LogP contribution in [0.4, 0.5) is 0 Å². The van der Waals surface area contributed by atoms with Crippen molar-refractivity contribution in [1.29, 1.82) is 0 Å². The Morgan fingerprint density at radius 1 is 0.850 bits per heavy atom. The van der Waals surface area contributed by atoms with E-state index in [0.717, 1.165) is 17.7 Å². The van der Waals surface area contributed by atoms with Gasteiger partial charge in [-0.15, -0.1) is 0 Å². The fourth-order valence-electron chi connectivity index (χ4n) is 2.08. The molecule has 0 bridgehead atoms. The van der Waals surface area contributed by atoms with Gasteiger partial charge in [-0.2, -0.15) is 0 Å². The summed E-state index contributed by atoms with van der Waals surface area (Å²) in [6.07, 6.45) is 0. The van der Waals surface area contributed by atoms with Crippen LogP contribution in [-0.2, 0) is 0 Å². The molecule has 0 radical (unpaired) electrons. The number of hydrogen-bond acceptors (Lipinski definition) is 1. The van der Waals surface area contributed by atoms with E-state index in [-0.39, 0.29) is 6.04 Å². The third kappa shape index (κ3) is 3.24. The summed E-state index contributed by atoms with van der Waals surface area (Å²) in [5.41, 5.74) is 1.76. The Kier molecular flexibility index (Phi) is 5.59. The number of halogens is 4. The highest BCUT2D eigenvalue weighted by Gasteiger charge is 2.20. The molecular formula is C15H13Cl4N. The molecule has 0 saturated heterocycles. The van der Waals surface area contributed by atoms with Crippen LogP contribution in [0.3, 0.4) is 0 Å². The second-order valence-corrected chi connectivity index (χ2v) is 5.85. The van der Waals surface area contributed by atoms with Gasteiger partial charge in [-0.1, -0.05) is 77.6 Å². The molecule has 2 aromatic rings. The maximum absolute atomic E-state index is 6.32. The molecule has 0 aromatic heterocycles. The van der Waals surface area contributed by atoms with Crippen LogP contribution < -0.4 is 5.32 Å². The second kappa shape index (κ2) is 7.02. The third-order valence-corrected chi connectivity index (χ3v) is 4.66. The Hall–Kier alpha value is -0.440. The van der Waals surface area contributed by atoms with Crippen molar-refractivity contribution in [2.75, 3.05) is 6.54 Å². The minimum atomic E-state index is -0.155. The Morgan fingerprint density at radius 3 is 1.70 bits per heavy atom. The lowest BCUT2D eigenvalue weighted by atomic mass is 9.98. The van der Waals surface area contributed by atoms with Crippen molar-refractivity contribution in [2.24, 2.45) is 0 Å². The Morgan fingerprint density at radius 2 is 1.30 bits per heavy atom. The summed E-state index contributed by atoms with van der Waals surface area (Å²) in [4.78, 5) is 0. The molecule has 0 fully saturated rings. The largest absolute Gasteiger partial charge is 0.306 e. The van der Waals surface area contributed by atoms with Crippen molar-refractivity contribution in [1.82, 2.24) is 5.32 Å². The standard InChI is InChI=1S/C15H13Cl4N/c1-2-20-15(9-5-3-7-11(16)13(9)18)10-6-4-8-12(17)14(10)19/h3-8,15,20H,2H2,1H3. The summed E-state index contributed by atoms with van der Waals surface area (Å²) in [5, 5.41) is 5.45. The fraction of sp³-hybridized carbons (Fsp3) is 0.200. The van der Waals surface area contributed by atoms with Crippen molar-refractivity contribution < 1.29 is 0 Å². The van der Waals surface area contributed by atoms with Crippen LogP contribution >= 0.6 is 46.4 Å². The normalized spacial score (nSPS) is 11.1. The number of nitrogens with one attached hydrogen (secondary N) is 1. The highest BCUT2D eigenvalue weighted by atomic mass is 35.5. The van der Waals surface area contributed by atoms with Crippen LogP contribution in [0, 0.1) is 0 Å². The Balaban J connectivity index is 2.56. The lowest BCUT2D eigenvalue weighted by Gasteiger charge is -2.22. The van der Waals surface area contributed by atoms with Gasteiger partial charge in [-0.3, -0.25) is 0 Å². The molecule has 0 unspecified atom stereocenters. The van der Waals surface area contributed by atoms with E-state index in [1.807, 2.05) is 31.2 Å². The molecule has 1 nitrogen and oxygen atoms in total. The molecule has 1 N–H and O–H groups in total. The SMILES string of the molecule is CCNC(c1cccc(Cl)c1Cl)c1cccc(Cl)c1Cl. The highest BCUT2D eigenvalue weighted by Crippen LogP contribution is 2.37. The molecule has 0 amide bonds. The van der Waals surface area contributed by atoms with Gasteiger partial charge in [-0.25, -0.2) is 0 Å². The third-order valence-electron chi connectivity index (χ3n) is 2.99. The minimum Gasteiger partial charge on any atom is -0.306 e. The Labute approximate surface area is 138 Å². The van der Waals surface area contributed by atoms with Crippen LogP contribution in [-0.4, -0.2) is 6.54 Å². The first-order chi connectivity index (χ1) is 9.56. The van der Waals surface area contributed by atoms with Gasteiger partial charge in [0.1, 0.15) is 0 Å². The van der Waals surface area contributed by atoms with E-state index in [9.17, 15) is 0 Å². The van der Waals surface area contributed by atoms with E-state index in [4.69, 9.17) is 46.4 Å². The zero-order chi connectivity index (χ0) is 14.7. The van der Waals surface area contributed by atoms with E-state index in [1.165, 1.54) is 0 Å². The average Bonchev–Trinajstić information content (AvgIpc) is 2.43. The zero-order valence-electron chi connectivity index (χ0n) is 10.8. The second-order valence-electron chi connectivity index (χ2n) is 4.28. The summed E-state index contributed by atoms with van der Waals surface area (Å²) in [5.74, 6) is 0. The van der Waals surface area contributed by atoms with Crippen molar-refractivity contribution in [3.63, 3.8) is 0 Å². The first-order valence-electron chi connectivity index (χ1n) is 6.17. The van der Waals surface area contributed by atoms with Crippen molar-refractivity contribution in [3.05, 3.63) is 67.6 Å². The number of rotatable bonds is 4. The predicted molar refractivity (Wildman–Crippen MR) is 88.4 cm³/mol. The smallest absolute Gasteiger partial charge is 0.0643 e. The lowest BCUT2D eigenvalue weighted by molar-refractivity contribution is 0.631. The van der Waals surface area contributed by atoms with Crippen molar-refractivity contribution in [2.45, 2.75) is 13.0 Å². The van der Waals surface area contributed by atoms with Crippen LogP contribution in [0.5, 0.6) is 0 Å². The maximum atomic E-state index is 6.32. The summed E-state index contributed by atoms with van der Waals surface area (Å²) in [6.45, 7) is 2.78. The molecule has 106 valence electrons. The summed E-state index contributed by atoms with van der Waals surface area (Å²) >= 11 is 24.8. The molecule has 2 aromatic carbocycles. The van der Waals surface area contributed by atoms with E-state index < -0.39 is 0 Å². The molecule has 2 rings (SSSR count). The maximum Gasteiger partial charge on any atom is 0.0643 e. The quantitative estimate of drug-likeness (QED) is 0.714. The first-order valence-corrected chi connectivity index (χ1v) is 7.68. The Bertz CT molecular complexity index is 561. The molecule has 0 heterocycles. The average molecular weight is 349 g/mol. The van der Waals surface area contributed by atoms with Crippen molar-refractivity contribution >= 4 is 46.4 Å². The lowest BCUT2D eigenvalue weighted by Crippen LogP contribution is -2.22. The van der Waals surface area contributed by atoms with Gasteiger partial charge in [0, 0.05) is 0 Å². The summed E-state index contributed by atoms with van der Waals surface area (Å²) in [7, 11) is 0. The van der Waals surface area contributed by atoms with E-state index >= 15 is 0 Å². The molecule has 0 spiro atoms. The number of benzene rings is 2. The van der Waals surface area contributed by atoms with Crippen LogP contribution in [0.2, 0.25) is 20.1 Å². The van der Waals surface area contributed by atoms with E-state index in [1.54, 1.807) is 12.1 Å². The number of hydrogen-bond donors (Lipinski definition) is 1. The predicted octanol–water partition coefficient (Wildman–Crippen LogP) is 6.00. The topological polar surface area (TPSA) is 12.0 Å². The fourth-order valence-corrected chi connectivity index (χ4v) is 2.91. The summed E-state index contributed by atoms with van der Waals surface area (Å²) in [6, 6.07) is 11.0. The van der Waals surface area contributed by atoms with E-state index in [0.29, 0.717) is 20.1 Å². The molecule has 0 aliphatic heterocycles. The summed E-state index contributed by atoms with van der Waals surface area (Å²) < 4.78 is 0. The first kappa shape index (κ1) is 15.9. The van der Waals surface area contributed by atoms with Crippen molar-refractivity contribution in [3.8, 4) is 0 Å². The van der Waals surface area contributed by atoms with Gasteiger partial charge in [0.05, 0.1) is 26.1 Å². The van der Waals surface area contributed by atoms with Gasteiger partial charge < -0.3 is 5.32 Å². The van der Waals surface area contributed by atoms with Crippen LogP contribution in [0.25, 0.3) is 0 Å². The minimum absolute atomic E-state index is 0.155. The molecule has 20 heavy (non-hydrogen) atoms. The zero-order valence-corrected chi connectivity index (χ0v) is 13.8. The van der Waals surface area contributed by atoms with Gasteiger partial charge in [-0.05, 0) is 29.8 Å². The monoisotopic (exact) mass is 347 g/mol. The molecule has 0 saturated carbocycles. The molecule has 0 aliphatic carbocycles. The molecular weight excluding hydrogens is 336 g/mol. The molecule has 0 atom stereocenters. The molecule has 0 aliphatic rings. The van der Waals surface area contributed by atoms with Gasteiger partial charge in [0.2, 0.25) is 0 Å². The van der Waals surface area contributed by atoms with Gasteiger partial charge in [0.25, 0.3) is 0 Å². The van der Waals surface area contributed by atoms with Crippen LogP contribution in [0.15, 0.2) is 36.4 Å².